The Morgan fingerprint density at radius 1 is 0.758 bits per heavy atom. The van der Waals surface area contributed by atoms with Gasteiger partial charge in [-0.3, -0.25) is 0 Å². The van der Waals surface area contributed by atoms with Crippen molar-refractivity contribution in [2.45, 2.75) is 89.0 Å². The molecule has 0 radical (unpaired) electrons. The second-order valence-corrected chi connectivity index (χ2v) is 23.0. The van der Waals surface area contributed by atoms with E-state index in [2.05, 4.69) is 45.8 Å². The van der Waals surface area contributed by atoms with E-state index in [0.717, 1.165) is 12.5 Å². The maximum absolute atomic E-state index is 9.87. The molecule has 6 unspecified atom stereocenters. The van der Waals surface area contributed by atoms with Crippen molar-refractivity contribution < 1.29 is 47.6 Å². The Morgan fingerprint density at radius 3 is 1.79 bits per heavy atom. The molecular formula is C20H48O10Si3. The summed E-state index contributed by atoms with van der Waals surface area (Å²) in [5.74, 6) is 0. The minimum atomic E-state index is -2.17. The van der Waals surface area contributed by atoms with Crippen LogP contribution >= 0.6 is 0 Å². The number of aliphatic hydroxyl groups excluding tert-OH is 4. The Kier molecular flexibility index (Phi) is 15.5. The first kappa shape index (κ1) is 33.3. The van der Waals surface area contributed by atoms with E-state index in [0.29, 0.717) is 6.61 Å². The Hall–Kier alpha value is 0.251. The van der Waals surface area contributed by atoms with Crippen LogP contribution in [0, 0.1) is 0 Å². The van der Waals surface area contributed by atoms with Gasteiger partial charge in [-0.05, 0) is 58.3 Å². The van der Waals surface area contributed by atoms with Crippen LogP contribution < -0.4 is 0 Å². The number of hydrogen-bond acceptors (Lipinski definition) is 10. The SMILES string of the molecule is CO[Si](C)(C)C.CO[Si](C)(CCCOCCOC1OC(CO)C(O)C(O)C1O)O[Si](C)(C)C. The molecule has 6 atom stereocenters. The maximum Gasteiger partial charge on any atom is 0.324 e. The average Bonchev–Trinajstić information content (AvgIpc) is 2.71. The summed E-state index contributed by atoms with van der Waals surface area (Å²) in [7, 11) is -1.49. The summed E-state index contributed by atoms with van der Waals surface area (Å²) in [5, 5.41) is 38.4. The Balaban J connectivity index is 0.00000150. The molecule has 0 spiro atoms. The molecule has 13 heteroatoms. The first-order valence-electron chi connectivity index (χ1n) is 11.4. The molecule has 1 rings (SSSR count). The van der Waals surface area contributed by atoms with E-state index < -0.39 is 62.5 Å². The summed E-state index contributed by atoms with van der Waals surface area (Å²) in [4.78, 5) is 0. The van der Waals surface area contributed by atoms with Crippen molar-refractivity contribution in [3.05, 3.63) is 0 Å². The summed E-state index contributed by atoms with van der Waals surface area (Å²) in [5.41, 5.74) is 0. The minimum Gasteiger partial charge on any atom is -0.436 e. The third kappa shape index (κ3) is 14.4. The molecule has 0 bridgehead atoms. The van der Waals surface area contributed by atoms with E-state index >= 15 is 0 Å². The van der Waals surface area contributed by atoms with Gasteiger partial charge in [0.1, 0.15) is 24.4 Å². The van der Waals surface area contributed by atoms with Gasteiger partial charge in [0.2, 0.25) is 0 Å². The van der Waals surface area contributed by atoms with Crippen molar-refractivity contribution >= 4 is 25.2 Å². The highest BCUT2D eigenvalue weighted by molar-refractivity contribution is 6.81. The number of hydrogen-bond donors (Lipinski definition) is 4. The molecule has 0 aliphatic carbocycles. The first-order chi connectivity index (χ1) is 15.1. The van der Waals surface area contributed by atoms with Crippen molar-refractivity contribution in [2.24, 2.45) is 0 Å². The highest BCUT2D eigenvalue weighted by Crippen LogP contribution is 2.22. The zero-order valence-corrected chi connectivity index (χ0v) is 24.9. The monoisotopic (exact) mass is 532 g/mol. The molecule has 200 valence electrons. The Labute approximate surface area is 202 Å². The van der Waals surface area contributed by atoms with Crippen LogP contribution in [0.1, 0.15) is 6.42 Å². The normalized spacial score (nSPS) is 28.1. The predicted octanol–water partition coefficient (Wildman–Crippen LogP) is 1.25. The van der Waals surface area contributed by atoms with Crippen LogP contribution in [0.3, 0.4) is 0 Å². The van der Waals surface area contributed by atoms with Crippen LogP contribution in [0.2, 0.25) is 51.9 Å². The van der Waals surface area contributed by atoms with Gasteiger partial charge in [0.25, 0.3) is 0 Å². The summed E-state index contributed by atoms with van der Waals surface area (Å²) in [6, 6.07) is 0.835. The summed E-state index contributed by atoms with van der Waals surface area (Å²) in [6.07, 6.45) is -5.52. The average molecular weight is 533 g/mol. The van der Waals surface area contributed by atoms with Crippen molar-refractivity contribution in [1.29, 1.82) is 0 Å². The highest BCUT2D eigenvalue weighted by Gasteiger charge is 2.44. The van der Waals surface area contributed by atoms with E-state index in [-0.39, 0.29) is 13.2 Å². The van der Waals surface area contributed by atoms with Gasteiger partial charge in [0.15, 0.2) is 22.9 Å². The second kappa shape index (κ2) is 15.4. The lowest BCUT2D eigenvalue weighted by Crippen LogP contribution is -2.59. The Bertz CT molecular complexity index is 515. The number of ether oxygens (including phenoxy) is 3. The summed E-state index contributed by atoms with van der Waals surface area (Å²) < 4.78 is 33.1. The van der Waals surface area contributed by atoms with E-state index in [1.165, 1.54) is 0 Å². The second-order valence-electron chi connectivity index (χ2n) is 10.2. The third-order valence-corrected chi connectivity index (χ3v) is 12.4. The van der Waals surface area contributed by atoms with Gasteiger partial charge < -0.3 is 47.6 Å². The van der Waals surface area contributed by atoms with Crippen molar-refractivity contribution in [1.82, 2.24) is 0 Å². The Morgan fingerprint density at radius 2 is 1.33 bits per heavy atom. The smallest absolute Gasteiger partial charge is 0.324 e. The van der Waals surface area contributed by atoms with Crippen LogP contribution in [0.15, 0.2) is 0 Å². The topological polar surface area (TPSA) is 136 Å². The zero-order chi connectivity index (χ0) is 25.9. The molecule has 0 amide bonds. The summed E-state index contributed by atoms with van der Waals surface area (Å²) >= 11 is 0. The third-order valence-electron chi connectivity index (χ3n) is 4.84. The molecular weight excluding hydrogens is 484 g/mol. The molecule has 1 aliphatic rings. The van der Waals surface area contributed by atoms with Crippen LogP contribution in [0.5, 0.6) is 0 Å². The molecule has 0 saturated carbocycles. The quantitative estimate of drug-likeness (QED) is 0.203. The van der Waals surface area contributed by atoms with E-state index in [4.69, 9.17) is 32.3 Å². The molecule has 0 aromatic heterocycles. The van der Waals surface area contributed by atoms with Crippen molar-refractivity contribution in [3.8, 4) is 0 Å². The molecule has 33 heavy (non-hydrogen) atoms. The van der Waals surface area contributed by atoms with E-state index in [1.807, 2.05) is 0 Å². The number of aliphatic hydroxyl groups is 4. The molecule has 0 aromatic carbocycles. The zero-order valence-electron chi connectivity index (χ0n) is 21.9. The molecule has 0 aromatic rings. The van der Waals surface area contributed by atoms with Gasteiger partial charge >= 0.3 is 8.56 Å². The molecule has 1 heterocycles. The fraction of sp³-hybridized carbons (Fsp3) is 1.00. The van der Waals surface area contributed by atoms with Gasteiger partial charge in [0, 0.05) is 20.8 Å². The molecule has 10 nitrogen and oxygen atoms in total. The van der Waals surface area contributed by atoms with Crippen LogP contribution in [0.4, 0.5) is 0 Å². The minimum absolute atomic E-state index is 0.146. The van der Waals surface area contributed by atoms with Crippen LogP contribution in [0.25, 0.3) is 0 Å². The predicted molar refractivity (Wildman–Crippen MR) is 133 cm³/mol. The largest absolute Gasteiger partial charge is 0.436 e. The van der Waals surface area contributed by atoms with Gasteiger partial charge in [-0.2, -0.15) is 0 Å². The van der Waals surface area contributed by atoms with E-state index in [1.54, 1.807) is 14.2 Å². The number of rotatable bonds is 13. The van der Waals surface area contributed by atoms with Gasteiger partial charge in [-0.1, -0.05) is 0 Å². The van der Waals surface area contributed by atoms with Gasteiger partial charge in [-0.25, -0.2) is 0 Å². The van der Waals surface area contributed by atoms with Gasteiger partial charge in [-0.15, -0.1) is 0 Å². The van der Waals surface area contributed by atoms with Crippen LogP contribution in [-0.4, -0.2) is 117 Å². The molecule has 1 fully saturated rings. The standard InChI is InChI=1S/C16H36O9Si2.C4H12OSi/c1-21-27(5,25-26(2,3)4)10-6-7-22-8-9-23-16-15(20)14(19)13(18)12(11-17)24-16;1-5-6(2,3)4/h12-20H,6-11H2,1-5H3;1-4H3. The molecule has 1 saturated heterocycles. The lowest BCUT2D eigenvalue weighted by Gasteiger charge is -2.39. The van der Waals surface area contributed by atoms with Crippen LogP contribution in [-0.2, 0) is 27.2 Å². The first-order valence-corrected chi connectivity index (χ1v) is 20.7. The molecule has 1 aliphatic heterocycles. The summed E-state index contributed by atoms with van der Waals surface area (Å²) in [6.45, 7) is 15.4. The molecule has 4 N–H and O–H groups in total. The van der Waals surface area contributed by atoms with Gasteiger partial charge in [0.05, 0.1) is 19.8 Å². The fourth-order valence-electron chi connectivity index (χ4n) is 2.87. The van der Waals surface area contributed by atoms with Crippen molar-refractivity contribution in [2.75, 3.05) is 40.6 Å². The lowest BCUT2D eigenvalue weighted by atomic mass is 9.99. The van der Waals surface area contributed by atoms with Crippen molar-refractivity contribution in [3.63, 3.8) is 0 Å². The highest BCUT2D eigenvalue weighted by atomic mass is 28.4. The lowest BCUT2D eigenvalue weighted by molar-refractivity contribution is -0.302. The fourth-order valence-corrected chi connectivity index (χ4v) is 9.78. The van der Waals surface area contributed by atoms with E-state index in [9.17, 15) is 15.3 Å². The maximum atomic E-state index is 9.87.